The lowest BCUT2D eigenvalue weighted by molar-refractivity contribution is -0.00196. The average molecular weight is 261 g/mol. The smallest absolute Gasteiger partial charge is 0.0611 e. The lowest BCUT2D eigenvalue weighted by Crippen LogP contribution is -2.42. The minimum atomic E-state index is -0.0926. The van der Waals surface area contributed by atoms with Gasteiger partial charge in [0.25, 0.3) is 0 Å². The van der Waals surface area contributed by atoms with Crippen molar-refractivity contribution in [2.45, 2.75) is 73.0 Å². The molecule has 2 unspecified atom stereocenters. The van der Waals surface area contributed by atoms with Gasteiger partial charge in [-0.15, -0.1) is 0 Å². The highest BCUT2D eigenvalue weighted by atomic mass is 16.3. The maximum absolute atomic E-state index is 10.3. The molecule has 0 heterocycles. The van der Waals surface area contributed by atoms with Crippen molar-refractivity contribution < 1.29 is 10.6 Å². The van der Waals surface area contributed by atoms with Gasteiger partial charge in [-0.05, 0) is 30.6 Å². The van der Waals surface area contributed by atoms with E-state index in [0.717, 1.165) is 6.54 Å². The van der Waals surface area contributed by atoms with E-state index in [9.17, 15) is 5.11 Å². The van der Waals surface area contributed by atoms with Gasteiger partial charge in [0.2, 0.25) is 0 Å². The van der Waals surface area contributed by atoms with E-state index in [-0.39, 0.29) is 11.6 Å². The summed E-state index contributed by atoms with van der Waals surface area (Å²) < 4.78 is 0. The van der Waals surface area contributed by atoms with Gasteiger partial charge in [0.15, 0.2) is 0 Å². The van der Waals surface area contributed by atoms with E-state index >= 15 is 0 Å². The molecule has 1 aliphatic carbocycles. The number of aliphatic hydroxyl groups excluding tert-OH is 1. The molecule has 0 aromatic carbocycles. The summed E-state index contributed by atoms with van der Waals surface area (Å²) in [4.78, 5) is 0. The van der Waals surface area contributed by atoms with E-state index in [0.29, 0.717) is 23.8 Å². The largest absolute Gasteiger partial charge is 0.412 e. The van der Waals surface area contributed by atoms with E-state index in [2.05, 4.69) is 33.0 Å². The van der Waals surface area contributed by atoms with Gasteiger partial charge in [0, 0.05) is 12.6 Å². The molecule has 0 aliphatic heterocycles. The molecule has 0 amide bonds. The molecular formula is C15H35NO2. The second-order valence-electron chi connectivity index (χ2n) is 5.65. The number of nitrogens with one attached hydrogen (secondary N) is 1. The highest BCUT2D eigenvalue weighted by Crippen LogP contribution is 2.34. The highest BCUT2D eigenvalue weighted by Gasteiger charge is 2.33. The molecule has 0 aromatic heterocycles. The molecule has 4 N–H and O–H groups in total. The van der Waals surface area contributed by atoms with Crippen LogP contribution in [0.3, 0.4) is 0 Å². The maximum atomic E-state index is 10.3. The molecule has 0 saturated heterocycles. The van der Waals surface area contributed by atoms with E-state index in [4.69, 9.17) is 0 Å². The van der Waals surface area contributed by atoms with Crippen molar-refractivity contribution in [2.24, 2.45) is 17.8 Å². The summed E-state index contributed by atoms with van der Waals surface area (Å²) in [6, 6.07) is 0.514. The van der Waals surface area contributed by atoms with Gasteiger partial charge in [0.05, 0.1) is 6.10 Å². The topological polar surface area (TPSA) is 63.8 Å². The molecule has 3 nitrogen and oxygen atoms in total. The van der Waals surface area contributed by atoms with Gasteiger partial charge in [-0.2, -0.15) is 0 Å². The molecule has 112 valence electrons. The van der Waals surface area contributed by atoms with Crippen molar-refractivity contribution in [3.63, 3.8) is 0 Å². The summed E-state index contributed by atoms with van der Waals surface area (Å²) in [6.07, 6.45) is 3.67. The minimum absolute atomic E-state index is 0. The Balaban J connectivity index is 0. The molecule has 0 bridgehead atoms. The maximum Gasteiger partial charge on any atom is 0.0611 e. The SMILES string of the molecule is CC.CC(C)NCC(C(C)C)C(O)C1CCC1.O. The number of rotatable bonds is 6. The van der Waals surface area contributed by atoms with Crippen LogP contribution in [0.5, 0.6) is 0 Å². The van der Waals surface area contributed by atoms with Crippen molar-refractivity contribution in [3.8, 4) is 0 Å². The third kappa shape index (κ3) is 6.72. The van der Waals surface area contributed by atoms with Crippen LogP contribution >= 0.6 is 0 Å². The van der Waals surface area contributed by atoms with Crippen molar-refractivity contribution in [1.82, 2.24) is 5.32 Å². The summed E-state index contributed by atoms with van der Waals surface area (Å²) in [5.74, 6) is 1.55. The summed E-state index contributed by atoms with van der Waals surface area (Å²) in [5.41, 5.74) is 0. The van der Waals surface area contributed by atoms with E-state index in [1.54, 1.807) is 0 Å². The summed E-state index contributed by atoms with van der Waals surface area (Å²) >= 11 is 0. The molecule has 1 rings (SSSR count). The van der Waals surface area contributed by atoms with E-state index in [1.165, 1.54) is 19.3 Å². The molecular weight excluding hydrogens is 226 g/mol. The van der Waals surface area contributed by atoms with Crippen LogP contribution in [-0.4, -0.2) is 29.3 Å². The van der Waals surface area contributed by atoms with Crippen LogP contribution in [0.4, 0.5) is 0 Å². The van der Waals surface area contributed by atoms with Crippen molar-refractivity contribution >= 4 is 0 Å². The fourth-order valence-electron chi connectivity index (χ4n) is 2.25. The molecule has 2 atom stereocenters. The Hall–Kier alpha value is -0.120. The second kappa shape index (κ2) is 10.8. The van der Waals surface area contributed by atoms with Gasteiger partial charge in [-0.1, -0.05) is 48.0 Å². The quantitative estimate of drug-likeness (QED) is 0.772. The lowest BCUT2D eigenvalue weighted by atomic mass is 9.73. The first-order valence-corrected chi connectivity index (χ1v) is 7.43. The first-order chi connectivity index (χ1) is 8.02. The summed E-state index contributed by atoms with van der Waals surface area (Å²) in [6.45, 7) is 13.7. The normalized spacial score (nSPS) is 18.5. The van der Waals surface area contributed by atoms with Crippen LogP contribution < -0.4 is 5.32 Å². The average Bonchev–Trinajstić information content (AvgIpc) is 2.17. The third-order valence-corrected chi connectivity index (χ3v) is 3.69. The summed E-state index contributed by atoms with van der Waals surface area (Å²) in [5, 5.41) is 13.7. The number of aliphatic hydroxyl groups is 1. The second-order valence-corrected chi connectivity index (χ2v) is 5.65. The van der Waals surface area contributed by atoms with Gasteiger partial charge in [0.1, 0.15) is 0 Å². The Morgan fingerprint density at radius 1 is 1.11 bits per heavy atom. The van der Waals surface area contributed by atoms with E-state index < -0.39 is 0 Å². The van der Waals surface area contributed by atoms with Crippen LogP contribution in [0.25, 0.3) is 0 Å². The Morgan fingerprint density at radius 2 is 1.61 bits per heavy atom. The van der Waals surface area contributed by atoms with Gasteiger partial charge in [-0.3, -0.25) is 0 Å². The fourth-order valence-corrected chi connectivity index (χ4v) is 2.25. The Kier molecular flexibility index (Phi) is 12.1. The van der Waals surface area contributed by atoms with Crippen LogP contribution in [0, 0.1) is 17.8 Å². The van der Waals surface area contributed by atoms with Gasteiger partial charge in [-0.25, -0.2) is 0 Å². The standard InChI is InChI=1S/C13H27NO.C2H6.H2O/c1-9(2)12(8-14-10(3)4)13(15)11-6-5-7-11;1-2;/h9-15H,5-8H2,1-4H3;1-2H3;1H2. The zero-order chi connectivity index (χ0) is 13.4. The zero-order valence-electron chi connectivity index (χ0n) is 13.2. The predicted octanol–water partition coefficient (Wildman–Crippen LogP) is 2.62. The fraction of sp³-hybridized carbons (Fsp3) is 1.00. The minimum Gasteiger partial charge on any atom is -0.412 e. The molecule has 3 heteroatoms. The molecule has 18 heavy (non-hydrogen) atoms. The third-order valence-electron chi connectivity index (χ3n) is 3.69. The van der Waals surface area contributed by atoms with Crippen molar-refractivity contribution in [2.75, 3.05) is 6.54 Å². The highest BCUT2D eigenvalue weighted by molar-refractivity contribution is 4.84. The Bertz CT molecular complexity index is 179. The van der Waals surface area contributed by atoms with E-state index in [1.807, 2.05) is 13.8 Å². The van der Waals surface area contributed by atoms with Crippen LogP contribution in [0.1, 0.15) is 60.8 Å². The molecule has 1 fully saturated rings. The van der Waals surface area contributed by atoms with Crippen LogP contribution in [0.15, 0.2) is 0 Å². The van der Waals surface area contributed by atoms with Gasteiger partial charge >= 0.3 is 0 Å². The van der Waals surface area contributed by atoms with Crippen molar-refractivity contribution in [1.29, 1.82) is 0 Å². The number of hydrogen-bond acceptors (Lipinski definition) is 2. The molecule has 1 saturated carbocycles. The van der Waals surface area contributed by atoms with Crippen molar-refractivity contribution in [3.05, 3.63) is 0 Å². The number of hydrogen-bond donors (Lipinski definition) is 2. The first kappa shape index (κ1) is 20.2. The zero-order valence-corrected chi connectivity index (χ0v) is 13.2. The summed E-state index contributed by atoms with van der Waals surface area (Å²) in [7, 11) is 0. The monoisotopic (exact) mass is 261 g/mol. The Labute approximate surface area is 114 Å². The molecule has 0 radical (unpaired) electrons. The van der Waals surface area contributed by atoms with Gasteiger partial charge < -0.3 is 15.9 Å². The van der Waals surface area contributed by atoms with Crippen LogP contribution in [0.2, 0.25) is 0 Å². The molecule has 0 aromatic rings. The predicted molar refractivity (Wildman–Crippen MR) is 79.8 cm³/mol. The first-order valence-electron chi connectivity index (χ1n) is 7.43. The lowest BCUT2D eigenvalue weighted by Gasteiger charge is -2.37. The van der Waals surface area contributed by atoms with Crippen LogP contribution in [-0.2, 0) is 0 Å². The molecule has 0 spiro atoms. The molecule has 1 aliphatic rings. The Morgan fingerprint density at radius 3 is 1.89 bits per heavy atom.